The first-order valence-electron chi connectivity index (χ1n) is 9.07. The van der Waals surface area contributed by atoms with E-state index < -0.39 is 0 Å². The predicted octanol–water partition coefficient (Wildman–Crippen LogP) is 5.42. The fraction of sp³-hybridized carbons (Fsp3) is 0.208. The van der Waals surface area contributed by atoms with E-state index in [0.29, 0.717) is 0 Å². The molecule has 3 rings (SSSR count). The molecule has 0 fully saturated rings. The fourth-order valence-corrected chi connectivity index (χ4v) is 3.25. The van der Waals surface area contributed by atoms with Gasteiger partial charge in [0.05, 0.1) is 0 Å². The predicted molar refractivity (Wildman–Crippen MR) is 108 cm³/mol. The summed E-state index contributed by atoms with van der Waals surface area (Å²) in [4.78, 5) is 0. The summed E-state index contributed by atoms with van der Waals surface area (Å²) >= 11 is 0. The van der Waals surface area contributed by atoms with Crippen molar-refractivity contribution < 1.29 is 4.58 Å². The highest BCUT2D eigenvalue weighted by Crippen LogP contribution is 2.29. The van der Waals surface area contributed by atoms with E-state index in [2.05, 4.69) is 104 Å². The van der Waals surface area contributed by atoms with Crippen molar-refractivity contribution in [1.82, 2.24) is 0 Å². The number of nitrogens with zero attached hydrogens (tertiary/aromatic N) is 1. The molecule has 0 unspecified atom stereocenters. The van der Waals surface area contributed by atoms with Gasteiger partial charge in [-0.3, -0.25) is 0 Å². The zero-order valence-corrected chi connectivity index (χ0v) is 15.4. The maximum Gasteiger partial charge on any atom is 0.199 e. The lowest BCUT2D eigenvalue weighted by Crippen LogP contribution is -2.19. The largest absolute Gasteiger partial charge is 0.231 e. The van der Waals surface area contributed by atoms with E-state index in [-0.39, 0.29) is 0 Å². The van der Waals surface area contributed by atoms with Gasteiger partial charge >= 0.3 is 0 Å². The molecule has 0 N–H and O–H groups in total. The molecule has 0 aromatic heterocycles. The highest BCUT2D eigenvalue weighted by Gasteiger charge is 2.13. The van der Waals surface area contributed by atoms with Crippen LogP contribution in [0.15, 0.2) is 84.5 Å². The van der Waals surface area contributed by atoms with Gasteiger partial charge in [0.2, 0.25) is 0 Å². The molecule has 0 amide bonds. The van der Waals surface area contributed by atoms with Gasteiger partial charge in [0.15, 0.2) is 5.71 Å². The highest BCUT2D eigenvalue weighted by molar-refractivity contribution is 6.04. The smallest absolute Gasteiger partial charge is 0.199 e. The lowest BCUT2D eigenvalue weighted by molar-refractivity contribution is -0.519. The van der Waals surface area contributed by atoms with E-state index in [1.165, 1.54) is 33.5 Å². The Bertz CT molecular complexity index is 823. The quantitative estimate of drug-likeness (QED) is 0.660. The summed E-state index contributed by atoms with van der Waals surface area (Å²) in [5, 5.41) is 0. The number of rotatable bonds is 4. The Morgan fingerprint density at radius 3 is 1.84 bits per heavy atom. The molecule has 0 saturated carbocycles. The lowest BCUT2D eigenvalue weighted by atomic mass is 9.90. The van der Waals surface area contributed by atoms with Crippen LogP contribution in [-0.2, 0) is 0 Å². The molecular weight excluding hydrogens is 302 g/mol. The number of allylic oxidation sites excluding steroid dienone is 5. The van der Waals surface area contributed by atoms with E-state index in [9.17, 15) is 0 Å². The van der Waals surface area contributed by atoms with Crippen molar-refractivity contribution in [3.63, 3.8) is 0 Å². The van der Waals surface area contributed by atoms with E-state index in [1.807, 2.05) is 0 Å². The summed E-state index contributed by atoms with van der Waals surface area (Å²) in [5.74, 6) is 0. The third kappa shape index (κ3) is 3.88. The van der Waals surface area contributed by atoms with Crippen molar-refractivity contribution >= 4 is 11.3 Å². The molecular formula is C24H26N+. The van der Waals surface area contributed by atoms with E-state index in [4.69, 9.17) is 0 Å². The van der Waals surface area contributed by atoms with Crippen molar-refractivity contribution in [2.24, 2.45) is 0 Å². The second-order valence-corrected chi connectivity index (χ2v) is 6.33. The molecule has 0 aliphatic heterocycles. The van der Waals surface area contributed by atoms with Crippen LogP contribution in [0, 0.1) is 6.92 Å². The maximum absolute atomic E-state index is 2.37. The van der Waals surface area contributed by atoms with Crippen molar-refractivity contribution in [2.75, 3.05) is 13.1 Å². The van der Waals surface area contributed by atoms with Crippen molar-refractivity contribution in [1.29, 1.82) is 0 Å². The van der Waals surface area contributed by atoms with Gasteiger partial charge < -0.3 is 0 Å². The van der Waals surface area contributed by atoms with Crippen LogP contribution in [0.1, 0.15) is 30.5 Å². The van der Waals surface area contributed by atoms with Crippen molar-refractivity contribution in [2.45, 2.75) is 20.8 Å². The number of hydrogen-bond donors (Lipinski definition) is 0. The minimum absolute atomic E-state index is 1.03. The summed E-state index contributed by atoms with van der Waals surface area (Å²) in [7, 11) is 0. The van der Waals surface area contributed by atoms with Crippen LogP contribution in [-0.4, -0.2) is 23.4 Å². The van der Waals surface area contributed by atoms with Crippen LogP contribution in [0.3, 0.4) is 0 Å². The van der Waals surface area contributed by atoms with Gasteiger partial charge in [-0.1, -0.05) is 60.2 Å². The maximum atomic E-state index is 2.37. The van der Waals surface area contributed by atoms with Crippen LogP contribution < -0.4 is 0 Å². The second kappa shape index (κ2) is 7.94. The molecule has 0 heterocycles. The van der Waals surface area contributed by atoms with Gasteiger partial charge in [-0.2, -0.15) is 0 Å². The number of benzene rings is 2. The molecule has 0 saturated heterocycles. The summed E-state index contributed by atoms with van der Waals surface area (Å²) in [5.41, 5.74) is 7.62. The van der Waals surface area contributed by atoms with Crippen LogP contribution in [0.2, 0.25) is 0 Å². The monoisotopic (exact) mass is 328 g/mol. The van der Waals surface area contributed by atoms with Gasteiger partial charge in [0.1, 0.15) is 13.1 Å². The zero-order valence-electron chi connectivity index (χ0n) is 15.4. The Labute approximate surface area is 151 Å². The summed E-state index contributed by atoms with van der Waals surface area (Å²) < 4.78 is 2.37. The summed E-state index contributed by atoms with van der Waals surface area (Å²) in [6.45, 7) is 8.59. The second-order valence-electron chi connectivity index (χ2n) is 6.33. The number of aryl methyl sites for hydroxylation is 1. The standard InChI is InChI=1S/C24H26N/c1-4-25(5-2)23-17-15-22(16-18-23)24(20-9-7-6-8-10-20)21-13-11-19(3)12-14-21/h6-18H,4-5H2,1-3H3/q+1. The molecule has 1 nitrogen and oxygen atoms in total. The first-order valence-corrected chi connectivity index (χ1v) is 9.07. The minimum atomic E-state index is 1.03. The average Bonchev–Trinajstić information content (AvgIpc) is 2.67. The lowest BCUT2D eigenvalue weighted by Gasteiger charge is -2.14. The molecule has 2 aromatic carbocycles. The normalized spacial score (nSPS) is 13.2. The minimum Gasteiger partial charge on any atom is -0.231 e. The third-order valence-corrected chi connectivity index (χ3v) is 4.69. The van der Waals surface area contributed by atoms with Crippen LogP contribution in [0.25, 0.3) is 5.57 Å². The first kappa shape index (κ1) is 17.2. The Morgan fingerprint density at radius 2 is 1.28 bits per heavy atom. The zero-order chi connectivity index (χ0) is 17.6. The van der Waals surface area contributed by atoms with E-state index in [0.717, 1.165) is 13.1 Å². The number of hydrogen-bond acceptors (Lipinski definition) is 0. The molecule has 126 valence electrons. The fourth-order valence-electron chi connectivity index (χ4n) is 3.25. The highest BCUT2D eigenvalue weighted by atomic mass is 15.0. The molecule has 0 spiro atoms. The summed E-state index contributed by atoms with van der Waals surface area (Å²) in [6.07, 6.45) is 8.96. The van der Waals surface area contributed by atoms with Crippen LogP contribution in [0.4, 0.5) is 0 Å². The van der Waals surface area contributed by atoms with Gasteiger partial charge in [0, 0.05) is 12.2 Å². The molecule has 0 atom stereocenters. The Kier molecular flexibility index (Phi) is 5.45. The Balaban J connectivity index is 2.12. The average molecular weight is 328 g/mol. The third-order valence-electron chi connectivity index (χ3n) is 4.69. The molecule has 1 aliphatic rings. The molecule has 0 bridgehead atoms. The molecule has 1 aliphatic carbocycles. The van der Waals surface area contributed by atoms with Crippen molar-refractivity contribution in [3.8, 4) is 0 Å². The van der Waals surface area contributed by atoms with Crippen LogP contribution >= 0.6 is 0 Å². The van der Waals surface area contributed by atoms with Gasteiger partial charge in [0.25, 0.3) is 0 Å². The molecule has 25 heavy (non-hydrogen) atoms. The van der Waals surface area contributed by atoms with Crippen LogP contribution in [0.5, 0.6) is 0 Å². The Hall–Kier alpha value is -2.67. The first-order chi connectivity index (χ1) is 12.2. The molecule has 1 heteroatoms. The Morgan fingerprint density at radius 1 is 0.720 bits per heavy atom. The van der Waals surface area contributed by atoms with Gasteiger partial charge in [-0.05, 0) is 55.2 Å². The summed E-state index contributed by atoms with van der Waals surface area (Å²) in [6, 6.07) is 19.5. The molecule has 2 aromatic rings. The van der Waals surface area contributed by atoms with E-state index >= 15 is 0 Å². The van der Waals surface area contributed by atoms with Gasteiger partial charge in [-0.15, -0.1) is 0 Å². The molecule has 0 radical (unpaired) electrons. The van der Waals surface area contributed by atoms with E-state index in [1.54, 1.807) is 0 Å². The van der Waals surface area contributed by atoms with Crippen molar-refractivity contribution in [3.05, 3.63) is 101 Å². The topological polar surface area (TPSA) is 3.01 Å². The SMILES string of the molecule is CC[N+](CC)=C1C=CC(=C(c2ccccc2)c2ccc(C)cc2)C=C1. The van der Waals surface area contributed by atoms with Gasteiger partial charge in [-0.25, -0.2) is 4.58 Å².